The largest absolute Gasteiger partial charge is 0.378 e. The summed E-state index contributed by atoms with van der Waals surface area (Å²) >= 11 is 7.32. The molecule has 0 unspecified atom stereocenters. The predicted octanol–water partition coefficient (Wildman–Crippen LogP) is 3.49. The number of nitrogens with zero attached hydrogens (tertiary/aromatic N) is 3. The van der Waals surface area contributed by atoms with Crippen LogP contribution in [-0.4, -0.2) is 26.5 Å². The number of carbonyl (C=O) groups is 1. The van der Waals surface area contributed by atoms with E-state index in [2.05, 4.69) is 20.6 Å². The minimum atomic E-state index is -0.0384. The Hall–Kier alpha value is -2.38. The quantitative estimate of drug-likeness (QED) is 0.693. The van der Waals surface area contributed by atoms with E-state index in [9.17, 15) is 4.79 Å². The highest BCUT2D eigenvalue weighted by molar-refractivity contribution is 7.15. The number of amides is 1. The Balaban J connectivity index is 1.60. The van der Waals surface area contributed by atoms with Crippen LogP contribution < -0.4 is 10.6 Å². The molecule has 6 nitrogen and oxygen atoms in total. The molecule has 128 valence electrons. The van der Waals surface area contributed by atoms with E-state index in [1.807, 2.05) is 29.0 Å². The maximum Gasteiger partial charge on any atom is 0.251 e. The molecule has 0 bridgehead atoms. The van der Waals surface area contributed by atoms with Crippen molar-refractivity contribution in [3.8, 4) is 5.69 Å². The van der Waals surface area contributed by atoms with Crippen molar-refractivity contribution in [3.05, 3.63) is 58.0 Å². The molecule has 1 aliphatic rings. The summed E-state index contributed by atoms with van der Waals surface area (Å²) in [5.74, 6) is -0.0384. The number of hydrogen-bond donors (Lipinski definition) is 2. The van der Waals surface area contributed by atoms with Crippen LogP contribution in [0, 0.1) is 0 Å². The smallest absolute Gasteiger partial charge is 0.251 e. The Bertz CT molecular complexity index is 888. The van der Waals surface area contributed by atoms with Crippen molar-refractivity contribution < 1.29 is 4.79 Å². The third-order valence-electron chi connectivity index (χ3n) is 3.93. The van der Waals surface area contributed by atoms with Crippen LogP contribution in [0.25, 0.3) is 5.69 Å². The molecule has 3 aromatic rings. The molecule has 0 radical (unpaired) electrons. The number of anilines is 1. The Morgan fingerprint density at radius 3 is 2.96 bits per heavy atom. The monoisotopic (exact) mass is 373 g/mol. The van der Waals surface area contributed by atoms with Gasteiger partial charge in [0.15, 0.2) is 4.47 Å². The lowest BCUT2D eigenvalue weighted by atomic mass is 10.1. The SMILES string of the molecule is O=C(NC1CC1)c1ccc(-n2ccnc2)c(NCc2cnc(Cl)s2)c1. The van der Waals surface area contributed by atoms with E-state index in [1.165, 1.54) is 11.3 Å². The summed E-state index contributed by atoms with van der Waals surface area (Å²) in [7, 11) is 0. The molecular weight excluding hydrogens is 358 g/mol. The van der Waals surface area contributed by atoms with Gasteiger partial charge in [-0.25, -0.2) is 9.97 Å². The second-order valence-electron chi connectivity index (χ2n) is 5.88. The summed E-state index contributed by atoms with van der Waals surface area (Å²) in [6.07, 6.45) is 9.20. The average molecular weight is 374 g/mol. The van der Waals surface area contributed by atoms with Gasteiger partial charge in [0.1, 0.15) is 0 Å². The highest BCUT2D eigenvalue weighted by atomic mass is 35.5. The van der Waals surface area contributed by atoms with Crippen molar-refractivity contribution >= 4 is 34.5 Å². The number of benzene rings is 1. The molecule has 0 spiro atoms. The van der Waals surface area contributed by atoms with Crippen molar-refractivity contribution in [2.45, 2.75) is 25.4 Å². The molecule has 2 heterocycles. The molecule has 25 heavy (non-hydrogen) atoms. The summed E-state index contributed by atoms with van der Waals surface area (Å²) in [5, 5.41) is 6.40. The first-order valence-electron chi connectivity index (χ1n) is 7.96. The first kappa shape index (κ1) is 16.1. The van der Waals surface area contributed by atoms with Crippen LogP contribution in [0.2, 0.25) is 4.47 Å². The molecule has 1 aliphatic carbocycles. The van der Waals surface area contributed by atoms with Gasteiger partial charge in [0, 0.05) is 35.1 Å². The lowest BCUT2D eigenvalue weighted by Gasteiger charge is -2.14. The van der Waals surface area contributed by atoms with Gasteiger partial charge in [0.2, 0.25) is 0 Å². The van der Waals surface area contributed by atoms with Crippen LogP contribution in [0.15, 0.2) is 43.1 Å². The predicted molar refractivity (Wildman–Crippen MR) is 98.5 cm³/mol. The lowest BCUT2D eigenvalue weighted by Crippen LogP contribution is -2.25. The summed E-state index contributed by atoms with van der Waals surface area (Å²) in [4.78, 5) is 21.5. The molecular formula is C17H16ClN5OS. The summed E-state index contributed by atoms with van der Waals surface area (Å²) in [5.41, 5.74) is 2.42. The number of nitrogens with one attached hydrogen (secondary N) is 2. The molecule has 1 fully saturated rings. The van der Waals surface area contributed by atoms with Gasteiger partial charge >= 0.3 is 0 Å². The van der Waals surface area contributed by atoms with Crippen LogP contribution in [0.4, 0.5) is 5.69 Å². The third-order valence-corrected chi connectivity index (χ3v) is 5.05. The zero-order valence-electron chi connectivity index (χ0n) is 13.3. The minimum absolute atomic E-state index is 0.0384. The van der Waals surface area contributed by atoms with E-state index >= 15 is 0 Å². The van der Waals surface area contributed by atoms with Crippen LogP contribution in [0.1, 0.15) is 28.1 Å². The number of carbonyl (C=O) groups excluding carboxylic acids is 1. The Morgan fingerprint density at radius 1 is 1.40 bits per heavy atom. The van der Waals surface area contributed by atoms with Crippen LogP contribution in [-0.2, 0) is 6.54 Å². The van der Waals surface area contributed by atoms with E-state index in [1.54, 1.807) is 18.7 Å². The third kappa shape index (κ3) is 3.83. The van der Waals surface area contributed by atoms with E-state index in [4.69, 9.17) is 11.6 Å². The molecule has 0 atom stereocenters. The van der Waals surface area contributed by atoms with E-state index in [-0.39, 0.29) is 5.91 Å². The Kier molecular flexibility index (Phi) is 4.42. The second-order valence-corrected chi connectivity index (χ2v) is 7.58. The fourth-order valence-corrected chi connectivity index (χ4v) is 3.41. The van der Waals surface area contributed by atoms with E-state index in [0.717, 1.165) is 29.1 Å². The van der Waals surface area contributed by atoms with Gasteiger partial charge in [-0.1, -0.05) is 11.6 Å². The first-order valence-corrected chi connectivity index (χ1v) is 9.16. The van der Waals surface area contributed by atoms with E-state index in [0.29, 0.717) is 22.6 Å². The number of aromatic nitrogens is 3. The molecule has 4 rings (SSSR count). The average Bonchev–Trinajstić information content (AvgIpc) is 3.10. The van der Waals surface area contributed by atoms with Crippen LogP contribution in [0.5, 0.6) is 0 Å². The van der Waals surface area contributed by atoms with Crippen molar-refractivity contribution in [1.82, 2.24) is 19.9 Å². The molecule has 1 aromatic carbocycles. The molecule has 1 amide bonds. The normalized spacial score (nSPS) is 13.6. The summed E-state index contributed by atoms with van der Waals surface area (Å²) < 4.78 is 2.43. The molecule has 0 aliphatic heterocycles. The molecule has 2 N–H and O–H groups in total. The van der Waals surface area contributed by atoms with Gasteiger partial charge in [-0.15, -0.1) is 11.3 Å². The van der Waals surface area contributed by atoms with Gasteiger partial charge in [-0.05, 0) is 31.0 Å². The molecule has 8 heteroatoms. The Morgan fingerprint density at radius 2 is 2.28 bits per heavy atom. The zero-order valence-corrected chi connectivity index (χ0v) is 14.8. The van der Waals surface area contributed by atoms with Crippen molar-refractivity contribution in [1.29, 1.82) is 0 Å². The zero-order chi connectivity index (χ0) is 17.2. The fraction of sp³-hybridized carbons (Fsp3) is 0.235. The standard InChI is InChI=1S/C17H16ClN5OS/c18-17-21-9-13(25-17)8-20-14-7-11(16(24)22-12-2-3-12)1-4-15(14)23-6-5-19-10-23/h1,4-7,9-10,12,20H,2-3,8H2,(H,22,24). The second kappa shape index (κ2) is 6.85. The number of thiazole rings is 1. The number of imidazole rings is 1. The van der Waals surface area contributed by atoms with Gasteiger partial charge in [-0.3, -0.25) is 4.79 Å². The van der Waals surface area contributed by atoms with Crippen molar-refractivity contribution in [2.75, 3.05) is 5.32 Å². The van der Waals surface area contributed by atoms with Gasteiger partial charge in [-0.2, -0.15) is 0 Å². The molecule has 1 saturated carbocycles. The van der Waals surface area contributed by atoms with Gasteiger partial charge in [0.25, 0.3) is 5.91 Å². The van der Waals surface area contributed by atoms with Gasteiger partial charge in [0.05, 0.1) is 24.2 Å². The topological polar surface area (TPSA) is 71.8 Å². The first-order chi connectivity index (χ1) is 12.2. The maximum absolute atomic E-state index is 12.3. The highest BCUT2D eigenvalue weighted by Gasteiger charge is 2.24. The van der Waals surface area contributed by atoms with Crippen molar-refractivity contribution in [3.63, 3.8) is 0 Å². The number of hydrogen-bond acceptors (Lipinski definition) is 5. The van der Waals surface area contributed by atoms with Crippen molar-refractivity contribution in [2.24, 2.45) is 0 Å². The van der Waals surface area contributed by atoms with Crippen LogP contribution >= 0.6 is 22.9 Å². The number of rotatable bonds is 6. The number of halogens is 1. The highest BCUT2D eigenvalue weighted by Crippen LogP contribution is 2.25. The summed E-state index contributed by atoms with van der Waals surface area (Å²) in [6.45, 7) is 0.583. The van der Waals surface area contributed by atoms with E-state index < -0.39 is 0 Å². The maximum atomic E-state index is 12.3. The molecule has 2 aromatic heterocycles. The van der Waals surface area contributed by atoms with Gasteiger partial charge < -0.3 is 15.2 Å². The Labute approximate surface area is 153 Å². The lowest BCUT2D eigenvalue weighted by molar-refractivity contribution is 0.0951. The summed E-state index contributed by atoms with van der Waals surface area (Å²) in [6, 6.07) is 5.96. The minimum Gasteiger partial charge on any atom is -0.378 e. The fourth-order valence-electron chi connectivity index (χ4n) is 2.49. The molecule has 0 saturated heterocycles. The van der Waals surface area contributed by atoms with Crippen LogP contribution in [0.3, 0.4) is 0 Å².